The summed E-state index contributed by atoms with van der Waals surface area (Å²) in [5.41, 5.74) is 0.268. The third-order valence-electron chi connectivity index (χ3n) is 3.04. The normalized spacial score (nSPS) is 13.0. The van der Waals surface area contributed by atoms with E-state index in [1.54, 1.807) is 31.2 Å². The predicted molar refractivity (Wildman–Crippen MR) is 82.6 cm³/mol. The minimum absolute atomic E-state index is 0.205. The van der Waals surface area contributed by atoms with Crippen molar-refractivity contribution in [3.05, 3.63) is 63.1 Å². The van der Waals surface area contributed by atoms with Crippen molar-refractivity contribution >= 4 is 33.2 Å². The number of nitrogens with one attached hydrogen (secondary N) is 1. The van der Waals surface area contributed by atoms with E-state index >= 15 is 0 Å². The Morgan fingerprint density at radius 2 is 1.81 bits per heavy atom. The smallest absolute Gasteiger partial charge is 0.378 e. The highest BCUT2D eigenvalue weighted by atomic mass is 79.9. The lowest BCUT2D eigenvalue weighted by Crippen LogP contribution is -2.15. The highest BCUT2D eigenvalue weighted by molar-refractivity contribution is 9.10. The molecule has 0 amide bonds. The van der Waals surface area contributed by atoms with Gasteiger partial charge in [-0.3, -0.25) is 0 Å². The summed E-state index contributed by atoms with van der Waals surface area (Å²) in [7, 11) is 0. The molecule has 21 heavy (non-hydrogen) atoms. The Morgan fingerprint density at radius 1 is 1.14 bits per heavy atom. The molecule has 0 aromatic heterocycles. The van der Waals surface area contributed by atoms with Crippen LogP contribution in [0.5, 0.6) is 0 Å². The number of hydrogen-bond acceptors (Lipinski definition) is 1. The highest BCUT2D eigenvalue weighted by Gasteiger charge is 2.34. The fraction of sp³-hybridized carbons (Fsp3) is 0.200. The summed E-state index contributed by atoms with van der Waals surface area (Å²) >= 11 is 9.18. The molecule has 1 atom stereocenters. The molecule has 0 saturated heterocycles. The van der Waals surface area contributed by atoms with Crippen molar-refractivity contribution < 1.29 is 13.2 Å². The van der Waals surface area contributed by atoms with Gasteiger partial charge in [-0.05, 0) is 52.7 Å². The second kappa shape index (κ2) is 6.28. The number of alkyl halides is 3. The van der Waals surface area contributed by atoms with Gasteiger partial charge in [-0.15, -0.1) is 0 Å². The molecule has 0 bridgehead atoms. The first kappa shape index (κ1) is 16.2. The van der Waals surface area contributed by atoms with Crippen LogP contribution in [0, 0.1) is 0 Å². The summed E-state index contributed by atoms with van der Waals surface area (Å²) in [6, 6.07) is 10.2. The molecule has 6 heteroatoms. The average Bonchev–Trinajstić information content (AvgIpc) is 2.42. The fourth-order valence-electron chi connectivity index (χ4n) is 2.05. The van der Waals surface area contributed by atoms with Crippen molar-refractivity contribution in [3.63, 3.8) is 0 Å². The number of halogens is 5. The van der Waals surface area contributed by atoms with Gasteiger partial charge in [0.1, 0.15) is 0 Å². The maximum absolute atomic E-state index is 13.0. The molecule has 1 nitrogen and oxygen atoms in total. The van der Waals surface area contributed by atoms with Crippen LogP contribution in [0.2, 0.25) is 5.02 Å². The third kappa shape index (κ3) is 3.92. The van der Waals surface area contributed by atoms with E-state index in [2.05, 4.69) is 21.2 Å². The predicted octanol–water partition coefficient (Wildman–Crippen LogP) is 6.29. The quantitative estimate of drug-likeness (QED) is 0.661. The first-order chi connectivity index (χ1) is 9.79. The van der Waals surface area contributed by atoms with Gasteiger partial charge in [-0.1, -0.05) is 29.8 Å². The standard InChI is InChI=1S/C15H12BrClF3N/c1-9(21-10-6-7-14(17)13(16)8-10)11-4-2-3-5-12(11)15(18,19)20/h2-9,21H,1H3. The molecule has 2 aromatic carbocycles. The first-order valence-corrected chi connectivity index (χ1v) is 7.34. The Bertz CT molecular complexity index is 643. The molecule has 0 radical (unpaired) electrons. The number of rotatable bonds is 3. The second-order valence-corrected chi connectivity index (χ2v) is 5.84. The topological polar surface area (TPSA) is 12.0 Å². The van der Waals surface area contributed by atoms with Crippen LogP contribution in [0.1, 0.15) is 24.1 Å². The van der Waals surface area contributed by atoms with Gasteiger partial charge in [0, 0.05) is 16.2 Å². The van der Waals surface area contributed by atoms with Crippen molar-refractivity contribution in [3.8, 4) is 0 Å². The van der Waals surface area contributed by atoms with Crippen LogP contribution in [-0.4, -0.2) is 0 Å². The summed E-state index contributed by atoms with van der Waals surface area (Å²) in [6.45, 7) is 1.69. The fourth-order valence-corrected chi connectivity index (χ4v) is 2.54. The van der Waals surface area contributed by atoms with Crippen LogP contribution in [0.3, 0.4) is 0 Å². The van der Waals surface area contributed by atoms with Crippen LogP contribution in [0.4, 0.5) is 18.9 Å². The lowest BCUT2D eigenvalue weighted by Gasteiger charge is -2.20. The third-order valence-corrected chi connectivity index (χ3v) is 4.25. The van der Waals surface area contributed by atoms with Crippen LogP contribution < -0.4 is 5.32 Å². The van der Waals surface area contributed by atoms with E-state index in [1.165, 1.54) is 12.1 Å². The second-order valence-electron chi connectivity index (χ2n) is 4.58. The van der Waals surface area contributed by atoms with Crippen molar-refractivity contribution in [1.82, 2.24) is 0 Å². The summed E-state index contributed by atoms with van der Waals surface area (Å²) in [5, 5.41) is 3.60. The largest absolute Gasteiger partial charge is 0.416 e. The Balaban J connectivity index is 2.28. The number of benzene rings is 2. The Kier molecular flexibility index (Phi) is 4.84. The van der Waals surface area contributed by atoms with E-state index in [4.69, 9.17) is 11.6 Å². The summed E-state index contributed by atoms with van der Waals surface area (Å²) in [6.07, 6.45) is -4.37. The molecular formula is C15H12BrClF3N. The molecule has 112 valence electrons. The monoisotopic (exact) mass is 377 g/mol. The minimum Gasteiger partial charge on any atom is -0.378 e. The Hall–Kier alpha value is -1.20. The van der Waals surface area contributed by atoms with Crippen molar-refractivity contribution in [1.29, 1.82) is 0 Å². The molecule has 1 N–H and O–H groups in total. The van der Waals surface area contributed by atoms with Gasteiger partial charge < -0.3 is 5.32 Å². The lowest BCUT2D eigenvalue weighted by atomic mass is 10.0. The Labute approximate surface area is 134 Å². The molecule has 0 spiro atoms. The zero-order valence-corrected chi connectivity index (χ0v) is 13.4. The van der Waals surface area contributed by atoms with E-state index < -0.39 is 17.8 Å². The highest BCUT2D eigenvalue weighted by Crippen LogP contribution is 2.36. The molecule has 2 aromatic rings. The van der Waals surface area contributed by atoms with Crippen LogP contribution >= 0.6 is 27.5 Å². The number of hydrogen-bond donors (Lipinski definition) is 1. The molecule has 0 aliphatic carbocycles. The van der Waals surface area contributed by atoms with E-state index in [9.17, 15) is 13.2 Å². The lowest BCUT2D eigenvalue weighted by molar-refractivity contribution is -0.138. The zero-order chi connectivity index (χ0) is 15.6. The van der Waals surface area contributed by atoms with E-state index in [0.717, 1.165) is 6.07 Å². The summed E-state index contributed by atoms with van der Waals surface area (Å²) in [4.78, 5) is 0. The first-order valence-electron chi connectivity index (χ1n) is 6.16. The van der Waals surface area contributed by atoms with E-state index in [0.29, 0.717) is 15.2 Å². The molecule has 0 heterocycles. The molecule has 2 rings (SSSR count). The van der Waals surface area contributed by atoms with Gasteiger partial charge >= 0.3 is 6.18 Å². The van der Waals surface area contributed by atoms with Gasteiger partial charge in [0.2, 0.25) is 0 Å². The summed E-state index contributed by atoms with van der Waals surface area (Å²) < 4.78 is 39.7. The molecular weight excluding hydrogens is 367 g/mol. The maximum Gasteiger partial charge on any atom is 0.416 e. The van der Waals surface area contributed by atoms with Gasteiger partial charge in [-0.25, -0.2) is 0 Å². The van der Waals surface area contributed by atoms with Gasteiger partial charge in [-0.2, -0.15) is 13.2 Å². The van der Waals surface area contributed by atoms with E-state index in [1.807, 2.05) is 0 Å². The van der Waals surface area contributed by atoms with Crippen LogP contribution in [-0.2, 0) is 6.18 Å². The van der Waals surface area contributed by atoms with E-state index in [-0.39, 0.29) is 5.56 Å². The molecule has 0 saturated carbocycles. The zero-order valence-electron chi connectivity index (χ0n) is 11.0. The van der Waals surface area contributed by atoms with Crippen molar-refractivity contribution in [2.45, 2.75) is 19.1 Å². The Morgan fingerprint density at radius 3 is 2.43 bits per heavy atom. The maximum atomic E-state index is 13.0. The van der Waals surface area contributed by atoms with Gasteiger partial charge in [0.25, 0.3) is 0 Å². The summed E-state index contributed by atoms with van der Waals surface area (Å²) in [5.74, 6) is 0. The van der Waals surface area contributed by atoms with Gasteiger partial charge in [0.05, 0.1) is 10.6 Å². The van der Waals surface area contributed by atoms with Gasteiger partial charge in [0.15, 0.2) is 0 Å². The minimum atomic E-state index is -4.37. The molecule has 1 unspecified atom stereocenters. The van der Waals surface area contributed by atoms with Crippen LogP contribution in [0.15, 0.2) is 46.9 Å². The molecule has 0 aliphatic rings. The number of anilines is 1. The van der Waals surface area contributed by atoms with Crippen LogP contribution in [0.25, 0.3) is 0 Å². The SMILES string of the molecule is CC(Nc1ccc(Cl)c(Br)c1)c1ccccc1C(F)(F)F. The average molecular weight is 379 g/mol. The van der Waals surface area contributed by atoms with Crippen molar-refractivity contribution in [2.24, 2.45) is 0 Å². The molecule has 0 fully saturated rings. The molecule has 0 aliphatic heterocycles. The van der Waals surface area contributed by atoms with Crippen molar-refractivity contribution in [2.75, 3.05) is 5.32 Å².